The SMILES string of the molecule is COc1ccc(C(=O)NNC(=O)CSc2nnc3ccccn23)cc1. The molecule has 2 N–H and O–H groups in total. The second kappa shape index (κ2) is 7.67. The predicted molar refractivity (Wildman–Crippen MR) is 92.3 cm³/mol. The number of thioether (sulfide) groups is 1. The van der Waals surface area contributed by atoms with E-state index in [1.165, 1.54) is 11.8 Å². The Morgan fingerprint density at radius 1 is 1.12 bits per heavy atom. The lowest BCUT2D eigenvalue weighted by molar-refractivity contribution is -0.119. The summed E-state index contributed by atoms with van der Waals surface area (Å²) in [6, 6.07) is 12.1. The van der Waals surface area contributed by atoms with Gasteiger partial charge in [-0.05, 0) is 36.4 Å². The minimum absolute atomic E-state index is 0.0958. The molecular formula is C16H15N5O3S. The average Bonchev–Trinajstić information content (AvgIpc) is 3.07. The monoisotopic (exact) mass is 357 g/mol. The van der Waals surface area contributed by atoms with Gasteiger partial charge in [0.25, 0.3) is 5.91 Å². The molecule has 2 amide bonds. The summed E-state index contributed by atoms with van der Waals surface area (Å²) in [7, 11) is 1.55. The summed E-state index contributed by atoms with van der Waals surface area (Å²) in [5.41, 5.74) is 5.86. The van der Waals surface area contributed by atoms with E-state index in [1.807, 2.05) is 24.4 Å². The number of carbonyl (C=O) groups excluding carboxylic acids is 2. The lowest BCUT2D eigenvalue weighted by Crippen LogP contribution is -2.42. The Hall–Kier alpha value is -3.07. The molecule has 0 bridgehead atoms. The Morgan fingerprint density at radius 3 is 2.68 bits per heavy atom. The Kier molecular flexibility index (Phi) is 5.14. The second-order valence-electron chi connectivity index (χ2n) is 4.93. The van der Waals surface area contributed by atoms with E-state index in [9.17, 15) is 9.59 Å². The fourth-order valence-electron chi connectivity index (χ4n) is 2.03. The summed E-state index contributed by atoms with van der Waals surface area (Å²) < 4.78 is 6.81. The summed E-state index contributed by atoms with van der Waals surface area (Å²) in [5.74, 6) is -0.00975. The van der Waals surface area contributed by atoms with Gasteiger partial charge in [0.15, 0.2) is 10.8 Å². The normalized spacial score (nSPS) is 10.4. The minimum atomic E-state index is -0.408. The number of fused-ring (bicyclic) bond motifs is 1. The maximum Gasteiger partial charge on any atom is 0.269 e. The van der Waals surface area contributed by atoms with Crippen molar-refractivity contribution in [1.82, 2.24) is 25.4 Å². The third-order valence-electron chi connectivity index (χ3n) is 3.28. The van der Waals surface area contributed by atoms with Crippen LogP contribution in [-0.4, -0.2) is 39.3 Å². The first-order valence-electron chi connectivity index (χ1n) is 7.33. The van der Waals surface area contributed by atoms with Crippen molar-refractivity contribution in [3.8, 4) is 5.75 Å². The van der Waals surface area contributed by atoms with E-state index in [2.05, 4.69) is 21.0 Å². The smallest absolute Gasteiger partial charge is 0.269 e. The van der Waals surface area contributed by atoms with Gasteiger partial charge in [0.05, 0.1) is 12.9 Å². The van der Waals surface area contributed by atoms with Gasteiger partial charge in [-0.3, -0.25) is 24.8 Å². The number of hydrogen-bond donors (Lipinski definition) is 2. The van der Waals surface area contributed by atoms with Gasteiger partial charge >= 0.3 is 0 Å². The van der Waals surface area contributed by atoms with Crippen LogP contribution in [-0.2, 0) is 4.79 Å². The molecule has 0 fully saturated rings. The molecule has 3 aromatic rings. The third-order valence-corrected chi connectivity index (χ3v) is 4.23. The van der Waals surface area contributed by atoms with Gasteiger partial charge in [-0.2, -0.15) is 0 Å². The quantitative estimate of drug-likeness (QED) is 0.527. The number of rotatable bonds is 5. The first-order valence-corrected chi connectivity index (χ1v) is 8.32. The molecule has 0 aliphatic rings. The molecule has 0 saturated heterocycles. The topological polar surface area (TPSA) is 97.6 Å². The summed E-state index contributed by atoms with van der Waals surface area (Å²) in [6.07, 6.45) is 1.82. The van der Waals surface area contributed by atoms with E-state index in [4.69, 9.17) is 4.74 Å². The standard InChI is InChI=1S/C16H15N5O3S/c1-24-12-7-5-11(6-8-12)15(23)19-18-14(22)10-25-16-20-17-13-4-2-3-9-21(13)16/h2-9H,10H2,1H3,(H,18,22)(H,19,23). The molecule has 0 spiro atoms. The number of benzene rings is 1. The van der Waals surface area contributed by atoms with Crippen molar-refractivity contribution in [1.29, 1.82) is 0 Å². The van der Waals surface area contributed by atoms with Gasteiger partial charge in [-0.1, -0.05) is 17.8 Å². The van der Waals surface area contributed by atoms with E-state index in [0.29, 0.717) is 22.1 Å². The number of hydrogen-bond acceptors (Lipinski definition) is 6. The highest BCUT2D eigenvalue weighted by Crippen LogP contribution is 2.16. The highest BCUT2D eigenvalue weighted by Gasteiger charge is 2.10. The van der Waals surface area contributed by atoms with Gasteiger partial charge in [-0.25, -0.2) is 0 Å². The molecule has 2 heterocycles. The molecule has 0 atom stereocenters. The van der Waals surface area contributed by atoms with Crippen LogP contribution in [0.15, 0.2) is 53.8 Å². The maximum absolute atomic E-state index is 12.0. The lowest BCUT2D eigenvalue weighted by Gasteiger charge is -2.07. The average molecular weight is 357 g/mol. The summed E-state index contributed by atoms with van der Waals surface area (Å²) in [5, 5.41) is 8.63. The molecule has 0 aliphatic carbocycles. The molecular weight excluding hydrogens is 342 g/mol. The van der Waals surface area contributed by atoms with Gasteiger partial charge in [-0.15, -0.1) is 10.2 Å². The van der Waals surface area contributed by atoms with Crippen molar-refractivity contribution in [2.45, 2.75) is 5.16 Å². The van der Waals surface area contributed by atoms with Crippen LogP contribution in [0.5, 0.6) is 5.75 Å². The Bertz CT molecular complexity index is 894. The summed E-state index contributed by atoms with van der Waals surface area (Å²) in [4.78, 5) is 23.8. The fraction of sp³-hybridized carbons (Fsp3) is 0.125. The molecule has 9 heteroatoms. The maximum atomic E-state index is 12.0. The number of carbonyl (C=O) groups is 2. The van der Waals surface area contributed by atoms with E-state index < -0.39 is 5.91 Å². The number of hydrazine groups is 1. The first kappa shape index (κ1) is 16.8. The molecule has 0 radical (unpaired) electrons. The van der Waals surface area contributed by atoms with E-state index in [0.717, 1.165) is 0 Å². The lowest BCUT2D eigenvalue weighted by atomic mass is 10.2. The summed E-state index contributed by atoms with van der Waals surface area (Å²) >= 11 is 1.23. The Labute approximate surface area is 147 Å². The minimum Gasteiger partial charge on any atom is -0.497 e. The zero-order chi connectivity index (χ0) is 17.6. The van der Waals surface area contributed by atoms with Crippen LogP contribution in [0.1, 0.15) is 10.4 Å². The first-order chi connectivity index (χ1) is 12.2. The van der Waals surface area contributed by atoms with Crippen LogP contribution < -0.4 is 15.6 Å². The van der Waals surface area contributed by atoms with Gasteiger partial charge in [0.2, 0.25) is 5.91 Å². The summed E-state index contributed by atoms with van der Waals surface area (Å²) in [6.45, 7) is 0. The number of aromatic nitrogens is 3. The highest BCUT2D eigenvalue weighted by atomic mass is 32.2. The van der Waals surface area contributed by atoms with E-state index in [-0.39, 0.29) is 11.7 Å². The molecule has 8 nitrogen and oxygen atoms in total. The molecule has 25 heavy (non-hydrogen) atoms. The van der Waals surface area contributed by atoms with Crippen LogP contribution in [0.2, 0.25) is 0 Å². The van der Waals surface area contributed by atoms with Gasteiger partial charge in [0.1, 0.15) is 5.75 Å². The number of methoxy groups -OCH3 is 1. The molecule has 2 aromatic heterocycles. The Balaban J connectivity index is 1.50. The van der Waals surface area contributed by atoms with Crippen LogP contribution in [0.4, 0.5) is 0 Å². The van der Waals surface area contributed by atoms with E-state index in [1.54, 1.807) is 35.8 Å². The molecule has 3 rings (SSSR count). The largest absolute Gasteiger partial charge is 0.497 e. The zero-order valence-corrected chi connectivity index (χ0v) is 14.1. The van der Waals surface area contributed by atoms with Crippen molar-refractivity contribution < 1.29 is 14.3 Å². The molecule has 128 valence electrons. The van der Waals surface area contributed by atoms with Gasteiger partial charge in [0, 0.05) is 11.8 Å². The van der Waals surface area contributed by atoms with Crippen LogP contribution in [0, 0.1) is 0 Å². The highest BCUT2D eigenvalue weighted by molar-refractivity contribution is 7.99. The molecule has 0 unspecified atom stereocenters. The number of nitrogens with one attached hydrogen (secondary N) is 2. The van der Waals surface area contributed by atoms with E-state index >= 15 is 0 Å². The third kappa shape index (κ3) is 4.07. The van der Waals surface area contributed by atoms with Crippen molar-refractivity contribution in [2.24, 2.45) is 0 Å². The van der Waals surface area contributed by atoms with Crippen molar-refractivity contribution in [3.63, 3.8) is 0 Å². The molecule has 1 aromatic carbocycles. The number of pyridine rings is 1. The molecule has 0 saturated carbocycles. The van der Waals surface area contributed by atoms with Crippen molar-refractivity contribution >= 4 is 29.2 Å². The van der Waals surface area contributed by atoms with Crippen molar-refractivity contribution in [3.05, 3.63) is 54.2 Å². The Morgan fingerprint density at radius 2 is 1.92 bits per heavy atom. The van der Waals surface area contributed by atoms with Crippen LogP contribution in [0.3, 0.4) is 0 Å². The second-order valence-corrected chi connectivity index (χ2v) is 5.87. The zero-order valence-electron chi connectivity index (χ0n) is 13.3. The van der Waals surface area contributed by atoms with Gasteiger partial charge < -0.3 is 4.74 Å². The van der Waals surface area contributed by atoms with Crippen molar-refractivity contribution in [2.75, 3.05) is 12.9 Å². The number of amides is 2. The predicted octanol–water partition coefficient (Wildman–Crippen LogP) is 1.29. The fourth-order valence-corrected chi connectivity index (χ4v) is 2.75. The van der Waals surface area contributed by atoms with Crippen LogP contribution in [0.25, 0.3) is 5.65 Å². The molecule has 0 aliphatic heterocycles. The number of ether oxygens (including phenoxy) is 1. The number of nitrogens with zero attached hydrogens (tertiary/aromatic N) is 3. The van der Waals surface area contributed by atoms with Crippen LogP contribution >= 0.6 is 11.8 Å².